The standard InChI is InChI=1S/C22H26O6/c1-7-8-14-9-16(23-3)22-19(10-14)27-13(2)20(28-22)15-11-17(24-4)21(26-6)18(12-15)25-5/h7,9-13,20H,1,8H2,2-6H3/t13-,20-/m1/s1. The van der Waals surface area contributed by atoms with Crippen LogP contribution in [0.5, 0.6) is 34.5 Å². The molecular formula is C22H26O6. The van der Waals surface area contributed by atoms with Crippen LogP contribution < -0.4 is 28.4 Å². The lowest BCUT2D eigenvalue weighted by Crippen LogP contribution is -2.31. The minimum Gasteiger partial charge on any atom is -0.493 e. The van der Waals surface area contributed by atoms with Crippen LogP contribution in [0.3, 0.4) is 0 Å². The maximum Gasteiger partial charge on any atom is 0.204 e. The molecule has 2 atom stereocenters. The van der Waals surface area contributed by atoms with E-state index in [1.807, 2.05) is 37.3 Å². The maximum absolute atomic E-state index is 6.33. The van der Waals surface area contributed by atoms with Crippen LogP contribution in [0, 0.1) is 0 Å². The van der Waals surface area contributed by atoms with Crippen molar-refractivity contribution >= 4 is 0 Å². The second-order valence-electron chi connectivity index (χ2n) is 6.44. The van der Waals surface area contributed by atoms with Crippen LogP contribution in [0.2, 0.25) is 0 Å². The molecule has 1 aliphatic heterocycles. The minimum absolute atomic E-state index is 0.237. The third-order valence-electron chi connectivity index (χ3n) is 4.68. The number of ether oxygens (including phenoxy) is 6. The highest BCUT2D eigenvalue weighted by Crippen LogP contribution is 2.48. The summed E-state index contributed by atoms with van der Waals surface area (Å²) >= 11 is 0. The lowest BCUT2D eigenvalue weighted by atomic mass is 10.0. The number of fused-ring (bicyclic) bond motifs is 1. The Morgan fingerprint density at radius 2 is 1.54 bits per heavy atom. The minimum atomic E-state index is -0.375. The summed E-state index contributed by atoms with van der Waals surface area (Å²) in [5.41, 5.74) is 1.90. The van der Waals surface area contributed by atoms with E-state index in [2.05, 4.69) is 6.58 Å². The Labute approximate surface area is 165 Å². The Morgan fingerprint density at radius 1 is 0.893 bits per heavy atom. The smallest absolute Gasteiger partial charge is 0.204 e. The molecular weight excluding hydrogens is 360 g/mol. The van der Waals surface area contributed by atoms with Crippen LogP contribution >= 0.6 is 0 Å². The Morgan fingerprint density at radius 3 is 2.07 bits per heavy atom. The van der Waals surface area contributed by atoms with Crippen molar-refractivity contribution < 1.29 is 28.4 Å². The van der Waals surface area contributed by atoms with Crippen molar-refractivity contribution in [3.63, 3.8) is 0 Å². The average molecular weight is 386 g/mol. The van der Waals surface area contributed by atoms with Crippen LogP contribution in [-0.2, 0) is 6.42 Å². The van der Waals surface area contributed by atoms with Gasteiger partial charge in [-0.3, -0.25) is 0 Å². The normalized spacial score (nSPS) is 17.6. The highest BCUT2D eigenvalue weighted by Gasteiger charge is 2.33. The van der Waals surface area contributed by atoms with Gasteiger partial charge in [-0.1, -0.05) is 6.08 Å². The molecule has 0 fully saturated rings. The van der Waals surface area contributed by atoms with Crippen molar-refractivity contribution in [2.45, 2.75) is 25.6 Å². The summed E-state index contributed by atoms with van der Waals surface area (Å²) in [6.07, 6.45) is 1.95. The number of allylic oxidation sites excluding steroid dienone is 1. The number of hydrogen-bond acceptors (Lipinski definition) is 6. The Hall–Kier alpha value is -3.02. The highest BCUT2D eigenvalue weighted by atomic mass is 16.6. The summed E-state index contributed by atoms with van der Waals surface area (Å²) in [5.74, 6) is 3.52. The predicted octanol–water partition coefficient (Wildman–Crippen LogP) is 4.35. The van der Waals surface area contributed by atoms with Crippen molar-refractivity contribution in [3.8, 4) is 34.5 Å². The number of methoxy groups -OCH3 is 4. The van der Waals surface area contributed by atoms with Gasteiger partial charge in [-0.25, -0.2) is 0 Å². The first-order chi connectivity index (χ1) is 13.6. The first-order valence-electron chi connectivity index (χ1n) is 9.01. The number of benzene rings is 2. The van der Waals surface area contributed by atoms with E-state index in [-0.39, 0.29) is 12.2 Å². The van der Waals surface area contributed by atoms with Gasteiger partial charge in [0.05, 0.1) is 28.4 Å². The lowest BCUT2D eigenvalue weighted by Gasteiger charge is -2.33. The van der Waals surface area contributed by atoms with Gasteiger partial charge in [0.1, 0.15) is 6.10 Å². The van der Waals surface area contributed by atoms with Gasteiger partial charge in [0, 0.05) is 5.56 Å². The molecule has 0 bridgehead atoms. The number of rotatable bonds is 7. The summed E-state index contributed by atoms with van der Waals surface area (Å²) in [6.45, 7) is 5.75. The predicted molar refractivity (Wildman–Crippen MR) is 106 cm³/mol. The van der Waals surface area contributed by atoms with E-state index in [0.717, 1.165) is 17.5 Å². The zero-order valence-corrected chi connectivity index (χ0v) is 16.9. The van der Waals surface area contributed by atoms with Gasteiger partial charge in [-0.2, -0.15) is 0 Å². The van der Waals surface area contributed by atoms with Crippen LogP contribution in [0.25, 0.3) is 0 Å². The van der Waals surface area contributed by atoms with Gasteiger partial charge in [0.25, 0.3) is 0 Å². The molecule has 1 heterocycles. The van der Waals surface area contributed by atoms with Gasteiger partial charge in [-0.15, -0.1) is 6.58 Å². The monoisotopic (exact) mass is 386 g/mol. The van der Waals surface area contributed by atoms with Gasteiger partial charge in [0.15, 0.2) is 29.1 Å². The molecule has 0 aliphatic carbocycles. The summed E-state index contributed by atoms with van der Waals surface area (Å²) in [4.78, 5) is 0. The van der Waals surface area contributed by atoms with E-state index in [4.69, 9.17) is 28.4 Å². The molecule has 3 rings (SSSR count). The molecule has 1 aliphatic rings. The van der Waals surface area contributed by atoms with Crippen molar-refractivity contribution in [2.75, 3.05) is 28.4 Å². The summed E-state index contributed by atoms with van der Waals surface area (Å²) in [5, 5.41) is 0. The zero-order valence-electron chi connectivity index (χ0n) is 16.9. The first kappa shape index (κ1) is 19.7. The van der Waals surface area contributed by atoms with Crippen molar-refractivity contribution in [1.29, 1.82) is 0 Å². The third kappa shape index (κ3) is 3.54. The average Bonchev–Trinajstić information content (AvgIpc) is 2.71. The van der Waals surface area contributed by atoms with E-state index in [0.29, 0.717) is 34.5 Å². The Balaban J connectivity index is 2.04. The molecule has 0 saturated carbocycles. The largest absolute Gasteiger partial charge is 0.493 e. The SMILES string of the molecule is C=CCc1cc(OC)c2c(c1)O[C@H](C)[C@H](c1cc(OC)c(OC)c(OC)c1)O2. The van der Waals surface area contributed by atoms with Gasteiger partial charge in [-0.05, 0) is 43.2 Å². The van der Waals surface area contributed by atoms with E-state index < -0.39 is 0 Å². The quantitative estimate of drug-likeness (QED) is 0.660. The molecule has 0 radical (unpaired) electrons. The molecule has 2 aromatic carbocycles. The van der Waals surface area contributed by atoms with Crippen molar-refractivity contribution in [2.24, 2.45) is 0 Å². The molecule has 2 aromatic rings. The van der Waals surface area contributed by atoms with Gasteiger partial charge >= 0.3 is 0 Å². The molecule has 6 nitrogen and oxygen atoms in total. The van der Waals surface area contributed by atoms with E-state index in [1.165, 1.54) is 0 Å². The summed E-state index contributed by atoms with van der Waals surface area (Å²) in [6, 6.07) is 7.64. The van der Waals surface area contributed by atoms with Gasteiger partial charge < -0.3 is 28.4 Å². The Kier molecular flexibility index (Phi) is 5.87. The highest BCUT2D eigenvalue weighted by molar-refractivity contribution is 5.57. The van der Waals surface area contributed by atoms with E-state index in [9.17, 15) is 0 Å². The summed E-state index contributed by atoms with van der Waals surface area (Å²) < 4.78 is 34.4. The van der Waals surface area contributed by atoms with E-state index in [1.54, 1.807) is 28.4 Å². The maximum atomic E-state index is 6.33. The molecule has 0 unspecified atom stereocenters. The molecule has 28 heavy (non-hydrogen) atoms. The fraction of sp³-hybridized carbons (Fsp3) is 0.364. The van der Waals surface area contributed by atoms with Crippen molar-refractivity contribution in [1.82, 2.24) is 0 Å². The second-order valence-corrected chi connectivity index (χ2v) is 6.44. The first-order valence-corrected chi connectivity index (χ1v) is 9.01. The molecule has 0 amide bonds. The van der Waals surface area contributed by atoms with Crippen LogP contribution in [0.15, 0.2) is 36.9 Å². The van der Waals surface area contributed by atoms with Gasteiger partial charge in [0.2, 0.25) is 11.5 Å². The zero-order chi connectivity index (χ0) is 20.3. The van der Waals surface area contributed by atoms with Crippen molar-refractivity contribution in [3.05, 3.63) is 48.0 Å². The fourth-order valence-electron chi connectivity index (χ4n) is 3.36. The van der Waals surface area contributed by atoms with Crippen LogP contribution in [0.1, 0.15) is 24.2 Å². The van der Waals surface area contributed by atoms with Crippen LogP contribution in [0.4, 0.5) is 0 Å². The lowest BCUT2D eigenvalue weighted by molar-refractivity contribution is 0.0277. The topological polar surface area (TPSA) is 55.4 Å². The molecule has 0 spiro atoms. The van der Waals surface area contributed by atoms with Crippen LogP contribution in [-0.4, -0.2) is 34.5 Å². The molecule has 0 saturated heterocycles. The third-order valence-corrected chi connectivity index (χ3v) is 4.68. The summed E-state index contributed by atoms with van der Waals surface area (Å²) in [7, 11) is 6.36. The fourth-order valence-corrected chi connectivity index (χ4v) is 3.36. The molecule has 0 N–H and O–H groups in total. The molecule has 150 valence electrons. The Bertz CT molecular complexity index is 835. The number of hydrogen-bond donors (Lipinski definition) is 0. The molecule has 0 aromatic heterocycles. The van der Waals surface area contributed by atoms with E-state index >= 15 is 0 Å². The molecule has 6 heteroatoms. The second kappa shape index (κ2) is 8.33.